The summed E-state index contributed by atoms with van der Waals surface area (Å²) in [6.07, 6.45) is -0.116. The lowest BCUT2D eigenvalue weighted by Crippen LogP contribution is -2.37. The fraction of sp³-hybridized carbons (Fsp3) is 0.429. The highest BCUT2D eigenvalue weighted by molar-refractivity contribution is 5.86. The number of aromatic amines is 2. The second-order valence-corrected chi connectivity index (χ2v) is 5.80. The lowest BCUT2D eigenvalue weighted by atomic mass is 10.1. The maximum Gasteiger partial charge on any atom is 0.358 e. The van der Waals surface area contributed by atoms with Crippen molar-refractivity contribution in [1.29, 1.82) is 0 Å². The van der Waals surface area contributed by atoms with Crippen molar-refractivity contribution in [2.45, 2.75) is 38.0 Å². The Morgan fingerprint density at radius 3 is 3.04 bits per heavy atom. The number of rotatable bonds is 5. The van der Waals surface area contributed by atoms with E-state index in [0.29, 0.717) is 0 Å². The van der Waals surface area contributed by atoms with Gasteiger partial charge in [-0.2, -0.15) is 0 Å². The zero-order chi connectivity index (χ0) is 19.6. The van der Waals surface area contributed by atoms with Gasteiger partial charge in [0.05, 0.1) is 18.6 Å². The summed E-state index contributed by atoms with van der Waals surface area (Å²) in [5.74, 6) is -0.885. The van der Waals surface area contributed by atoms with E-state index in [9.17, 15) is 19.5 Å². The third-order valence-corrected chi connectivity index (χ3v) is 4.02. The van der Waals surface area contributed by atoms with Gasteiger partial charge in [0.25, 0.3) is 5.56 Å². The first-order valence-electron chi connectivity index (χ1n) is 7.80. The quantitative estimate of drug-likeness (QED) is 0.210. The van der Waals surface area contributed by atoms with Gasteiger partial charge in [-0.1, -0.05) is 5.11 Å². The molecule has 2 aromatic heterocycles. The summed E-state index contributed by atoms with van der Waals surface area (Å²) in [7, 11) is 0. The van der Waals surface area contributed by atoms with E-state index in [4.69, 9.17) is 15.0 Å². The number of ether oxygens (including phenoxy) is 2. The molecular weight excluding hydrogens is 362 g/mol. The van der Waals surface area contributed by atoms with Crippen LogP contribution in [0.1, 0.15) is 28.7 Å². The maximum absolute atomic E-state index is 12.0. The minimum absolute atomic E-state index is 0.0106. The van der Waals surface area contributed by atoms with Gasteiger partial charge in [0.2, 0.25) is 6.29 Å². The maximum atomic E-state index is 12.0. The fourth-order valence-electron chi connectivity index (χ4n) is 2.69. The summed E-state index contributed by atoms with van der Waals surface area (Å²) in [4.78, 5) is 46.5. The SMILES string of the molecule is Cc1cn([C@H]2CC(N=[N+]=[N-])[C@@H](C(O)OC(=O)c3cnc[nH]3)O2)c(=O)[nH]c1=O. The van der Waals surface area contributed by atoms with Crippen molar-refractivity contribution in [1.82, 2.24) is 19.5 Å². The minimum Gasteiger partial charge on any atom is -0.428 e. The van der Waals surface area contributed by atoms with Gasteiger partial charge >= 0.3 is 11.7 Å². The van der Waals surface area contributed by atoms with E-state index in [1.54, 1.807) is 0 Å². The molecule has 0 aliphatic carbocycles. The predicted molar refractivity (Wildman–Crippen MR) is 87.5 cm³/mol. The molecule has 3 N–H and O–H groups in total. The lowest BCUT2D eigenvalue weighted by Gasteiger charge is -2.21. The molecule has 3 rings (SSSR count). The van der Waals surface area contributed by atoms with Crippen LogP contribution in [0.4, 0.5) is 0 Å². The molecular formula is C14H15N7O6. The highest BCUT2D eigenvalue weighted by atomic mass is 16.7. The van der Waals surface area contributed by atoms with Crippen LogP contribution in [0.25, 0.3) is 10.4 Å². The number of hydrogen-bond donors (Lipinski definition) is 3. The first-order chi connectivity index (χ1) is 12.9. The number of nitrogens with one attached hydrogen (secondary N) is 2. The largest absolute Gasteiger partial charge is 0.428 e. The van der Waals surface area contributed by atoms with E-state index >= 15 is 0 Å². The van der Waals surface area contributed by atoms with E-state index in [1.165, 1.54) is 25.6 Å². The minimum atomic E-state index is -1.76. The fourth-order valence-corrected chi connectivity index (χ4v) is 2.69. The van der Waals surface area contributed by atoms with Crippen LogP contribution in [-0.2, 0) is 9.47 Å². The Kier molecular flexibility index (Phi) is 5.07. The van der Waals surface area contributed by atoms with Gasteiger partial charge in [0.1, 0.15) is 18.0 Å². The highest BCUT2D eigenvalue weighted by Crippen LogP contribution is 2.32. The molecule has 13 nitrogen and oxygen atoms in total. The molecule has 2 unspecified atom stereocenters. The molecule has 0 amide bonds. The van der Waals surface area contributed by atoms with Crippen molar-refractivity contribution in [2.75, 3.05) is 0 Å². The van der Waals surface area contributed by atoms with Gasteiger partial charge in [-0.3, -0.25) is 14.3 Å². The molecule has 27 heavy (non-hydrogen) atoms. The van der Waals surface area contributed by atoms with Crippen molar-refractivity contribution in [3.8, 4) is 0 Å². The topological polar surface area (TPSA) is 188 Å². The number of aryl methyl sites for hydroxylation is 1. The van der Waals surface area contributed by atoms with Gasteiger partial charge < -0.3 is 19.6 Å². The van der Waals surface area contributed by atoms with E-state index in [-0.39, 0.29) is 17.7 Å². The van der Waals surface area contributed by atoms with E-state index < -0.39 is 41.9 Å². The van der Waals surface area contributed by atoms with Crippen LogP contribution >= 0.6 is 0 Å². The molecule has 2 aromatic rings. The third kappa shape index (κ3) is 3.74. The van der Waals surface area contributed by atoms with Crippen LogP contribution < -0.4 is 11.2 Å². The monoisotopic (exact) mass is 377 g/mol. The molecule has 1 saturated heterocycles. The first kappa shape index (κ1) is 18.4. The normalized spacial score (nSPS) is 22.8. The number of aromatic nitrogens is 4. The zero-order valence-corrected chi connectivity index (χ0v) is 14.0. The Hall–Kier alpha value is -3.41. The predicted octanol–water partition coefficient (Wildman–Crippen LogP) is -0.290. The Balaban J connectivity index is 1.81. The Bertz CT molecular complexity index is 990. The number of nitrogens with zero attached hydrogens (tertiary/aromatic N) is 5. The Labute approximate surface area is 150 Å². The first-order valence-corrected chi connectivity index (χ1v) is 7.80. The summed E-state index contributed by atoms with van der Waals surface area (Å²) in [6, 6.07) is -0.913. The number of carbonyl (C=O) groups is 1. The van der Waals surface area contributed by atoms with Gasteiger partial charge in [-0.25, -0.2) is 14.6 Å². The van der Waals surface area contributed by atoms with Crippen molar-refractivity contribution >= 4 is 5.97 Å². The molecule has 1 aliphatic heterocycles. The molecule has 0 saturated carbocycles. The van der Waals surface area contributed by atoms with Crippen LogP contribution in [0.15, 0.2) is 33.4 Å². The number of imidazole rings is 1. The zero-order valence-electron chi connectivity index (χ0n) is 14.0. The summed E-state index contributed by atoms with van der Waals surface area (Å²) < 4.78 is 11.6. The van der Waals surface area contributed by atoms with Crippen molar-refractivity contribution in [3.05, 3.63) is 61.3 Å². The second-order valence-electron chi connectivity index (χ2n) is 5.80. The second kappa shape index (κ2) is 7.45. The van der Waals surface area contributed by atoms with E-state index in [0.717, 1.165) is 4.57 Å². The average molecular weight is 377 g/mol. The molecule has 142 valence electrons. The summed E-state index contributed by atoms with van der Waals surface area (Å²) in [5, 5.41) is 13.8. The van der Waals surface area contributed by atoms with Gasteiger partial charge in [0, 0.05) is 23.1 Å². The van der Waals surface area contributed by atoms with Gasteiger partial charge in [-0.15, -0.1) is 0 Å². The van der Waals surface area contributed by atoms with Crippen LogP contribution in [0, 0.1) is 6.92 Å². The highest BCUT2D eigenvalue weighted by Gasteiger charge is 2.42. The van der Waals surface area contributed by atoms with Crippen LogP contribution in [0.5, 0.6) is 0 Å². The number of carbonyl (C=O) groups excluding carboxylic acids is 1. The number of H-pyrrole nitrogens is 2. The lowest BCUT2D eigenvalue weighted by molar-refractivity contribution is -0.157. The number of azide groups is 1. The average Bonchev–Trinajstić information content (AvgIpc) is 3.28. The molecule has 0 aromatic carbocycles. The smallest absolute Gasteiger partial charge is 0.358 e. The third-order valence-electron chi connectivity index (χ3n) is 4.02. The molecule has 1 fully saturated rings. The molecule has 0 bridgehead atoms. The molecule has 3 heterocycles. The van der Waals surface area contributed by atoms with Gasteiger partial charge in [-0.05, 0) is 12.5 Å². The molecule has 0 spiro atoms. The summed E-state index contributed by atoms with van der Waals surface area (Å²) >= 11 is 0. The number of hydrogen-bond acceptors (Lipinski definition) is 8. The van der Waals surface area contributed by atoms with Crippen LogP contribution in [0.3, 0.4) is 0 Å². The summed E-state index contributed by atoms with van der Waals surface area (Å²) in [6.45, 7) is 1.51. The number of aliphatic hydroxyl groups excluding tert-OH is 1. The molecule has 4 atom stereocenters. The van der Waals surface area contributed by atoms with Crippen molar-refractivity contribution < 1.29 is 19.4 Å². The van der Waals surface area contributed by atoms with Crippen LogP contribution in [-0.4, -0.2) is 49.0 Å². The van der Waals surface area contributed by atoms with Crippen molar-refractivity contribution in [3.63, 3.8) is 0 Å². The van der Waals surface area contributed by atoms with E-state index in [1.807, 2.05) is 0 Å². The summed E-state index contributed by atoms with van der Waals surface area (Å²) in [5.41, 5.74) is 7.76. The Morgan fingerprint density at radius 1 is 1.59 bits per heavy atom. The van der Waals surface area contributed by atoms with Crippen LogP contribution in [0.2, 0.25) is 0 Å². The Morgan fingerprint density at radius 2 is 2.37 bits per heavy atom. The molecule has 1 aliphatic rings. The van der Waals surface area contributed by atoms with Gasteiger partial charge in [0.15, 0.2) is 0 Å². The van der Waals surface area contributed by atoms with Crippen molar-refractivity contribution in [2.24, 2.45) is 5.11 Å². The standard InChI is InChI=1S/C14H15N7O6/c1-6-4-21(14(25)18-11(6)22)9-2-7(19-20-15)10(26-9)13(24)27-12(23)8-3-16-5-17-8/h3-5,7,9-10,13,24H,2H2,1H3,(H,16,17)(H,18,22,25)/t7?,9-,10+,13?/m1/s1. The molecule has 0 radical (unpaired) electrons. The number of aliphatic hydroxyl groups is 1. The number of esters is 1. The van der Waals surface area contributed by atoms with E-state index in [2.05, 4.69) is 25.0 Å². The molecule has 13 heteroatoms.